The topological polar surface area (TPSA) is 88.5 Å². The molecule has 1 fully saturated rings. The lowest BCUT2D eigenvalue weighted by Gasteiger charge is -2.58. The molecular weight excluding hydrogens is 316 g/mol. The standard InChI is InChI=1S/C16H24N2O4S/c1-6-22-11-7-16(14(20)21,15(11,4)5)18-12(19)10-8-17-13(23-10)9(2)3/h8-9,11H,6-7H2,1-5H3,(H,18,19)(H,20,21)/t11-,16-/m1/s1. The number of nitrogens with one attached hydrogen (secondary N) is 1. The van der Waals surface area contributed by atoms with Crippen molar-refractivity contribution in [3.05, 3.63) is 16.1 Å². The van der Waals surface area contributed by atoms with Gasteiger partial charge in [-0.2, -0.15) is 0 Å². The van der Waals surface area contributed by atoms with Crippen molar-refractivity contribution in [2.75, 3.05) is 6.61 Å². The lowest BCUT2D eigenvalue weighted by atomic mass is 9.54. The molecule has 0 radical (unpaired) electrons. The number of carboxylic acids is 1. The summed E-state index contributed by atoms with van der Waals surface area (Å²) in [5.41, 5.74) is -2.00. The Labute approximate surface area is 140 Å². The third kappa shape index (κ3) is 2.87. The van der Waals surface area contributed by atoms with Crippen molar-refractivity contribution in [1.29, 1.82) is 0 Å². The molecule has 1 aromatic heterocycles. The minimum Gasteiger partial charge on any atom is -0.479 e. The fourth-order valence-corrected chi connectivity index (χ4v) is 3.77. The third-order valence-electron chi connectivity index (χ3n) is 4.70. The lowest BCUT2D eigenvalue weighted by Crippen LogP contribution is -2.76. The molecule has 0 unspecified atom stereocenters. The van der Waals surface area contributed by atoms with E-state index in [4.69, 9.17) is 4.74 Å². The number of hydrogen-bond donors (Lipinski definition) is 2. The Morgan fingerprint density at radius 1 is 1.52 bits per heavy atom. The molecule has 7 heteroatoms. The summed E-state index contributed by atoms with van der Waals surface area (Å²) in [6.45, 7) is 10.0. The number of carboxylic acid groups (broad SMARTS) is 1. The molecule has 0 aliphatic heterocycles. The molecule has 1 aliphatic carbocycles. The zero-order valence-electron chi connectivity index (χ0n) is 14.2. The summed E-state index contributed by atoms with van der Waals surface area (Å²) in [6, 6.07) is 0. The van der Waals surface area contributed by atoms with Crippen LogP contribution >= 0.6 is 11.3 Å². The van der Waals surface area contributed by atoms with E-state index in [1.54, 1.807) is 0 Å². The smallest absolute Gasteiger partial charge is 0.330 e. The first-order valence-corrected chi connectivity index (χ1v) is 8.60. The monoisotopic (exact) mass is 340 g/mol. The second-order valence-electron chi connectivity index (χ2n) is 6.75. The number of ether oxygens (including phenoxy) is 1. The fourth-order valence-electron chi connectivity index (χ4n) is 2.95. The summed E-state index contributed by atoms with van der Waals surface area (Å²) < 4.78 is 5.60. The van der Waals surface area contributed by atoms with E-state index in [9.17, 15) is 14.7 Å². The Morgan fingerprint density at radius 2 is 2.17 bits per heavy atom. The molecule has 128 valence electrons. The van der Waals surface area contributed by atoms with Crippen molar-refractivity contribution in [3.8, 4) is 0 Å². The Kier molecular flexibility index (Phi) is 4.82. The SMILES string of the molecule is CCO[C@@H]1C[C@@](NC(=O)c2cnc(C(C)C)s2)(C(=O)O)C1(C)C. The van der Waals surface area contributed by atoms with E-state index in [-0.39, 0.29) is 24.3 Å². The highest BCUT2D eigenvalue weighted by Gasteiger charge is 2.66. The van der Waals surface area contributed by atoms with Gasteiger partial charge in [0.1, 0.15) is 10.4 Å². The molecule has 2 atom stereocenters. The van der Waals surface area contributed by atoms with Crippen LogP contribution in [0.15, 0.2) is 6.20 Å². The third-order valence-corrected chi connectivity index (χ3v) is 5.99. The van der Waals surface area contributed by atoms with Crippen molar-refractivity contribution < 1.29 is 19.4 Å². The summed E-state index contributed by atoms with van der Waals surface area (Å²) in [5.74, 6) is -1.18. The van der Waals surface area contributed by atoms with E-state index in [1.165, 1.54) is 17.5 Å². The molecule has 0 spiro atoms. The van der Waals surface area contributed by atoms with E-state index in [0.29, 0.717) is 11.5 Å². The summed E-state index contributed by atoms with van der Waals surface area (Å²) in [4.78, 5) is 29.0. The highest BCUT2D eigenvalue weighted by atomic mass is 32.1. The van der Waals surface area contributed by atoms with E-state index >= 15 is 0 Å². The number of aromatic nitrogens is 1. The number of aliphatic carboxylic acids is 1. The van der Waals surface area contributed by atoms with Gasteiger partial charge in [-0.25, -0.2) is 9.78 Å². The maximum absolute atomic E-state index is 12.5. The summed E-state index contributed by atoms with van der Waals surface area (Å²) in [6.07, 6.45) is 1.60. The van der Waals surface area contributed by atoms with Crippen molar-refractivity contribution >= 4 is 23.2 Å². The zero-order chi connectivity index (χ0) is 17.4. The van der Waals surface area contributed by atoms with Crippen LogP contribution in [0.5, 0.6) is 0 Å². The molecule has 1 amide bonds. The molecule has 1 aromatic rings. The minimum absolute atomic E-state index is 0.184. The van der Waals surface area contributed by atoms with Gasteiger partial charge in [0.2, 0.25) is 0 Å². The minimum atomic E-state index is -1.31. The van der Waals surface area contributed by atoms with Crippen LogP contribution in [-0.2, 0) is 9.53 Å². The molecule has 23 heavy (non-hydrogen) atoms. The predicted octanol–water partition coefficient (Wildman–Crippen LogP) is 2.65. The number of nitrogens with zero attached hydrogens (tertiary/aromatic N) is 1. The van der Waals surface area contributed by atoms with Crippen LogP contribution < -0.4 is 5.32 Å². The van der Waals surface area contributed by atoms with Gasteiger partial charge in [-0.3, -0.25) is 4.79 Å². The maximum Gasteiger partial charge on any atom is 0.330 e. The average molecular weight is 340 g/mol. The predicted molar refractivity (Wildman–Crippen MR) is 87.8 cm³/mol. The Morgan fingerprint density at radius 3 is 2.61 bits per heavy atom. The van der Waals surface area contributed by atoms with Gasteiger partial charge in [0.25, 0.3) is 5.91 Å². The second kappa shape index (κ2) is 6.20. The van der Waals surface area contributed by atoms with Crippen LogP contribution in [0.2, 0.25) is 0 Å². The number of amides is 1. The van der Waals surface area contributed by atoms with Crippen molar-refractivity contribution in [1.82, 2.24) is 10.3 Å². The molecule has 0 saturated heterocycles. The van der Waals surface area contributed by atoms with Gasteiger partial charge in [-0.05, 0) is 6.92 Å². The molecule has 6 nitrogen and oxygen atoms in total. The van der Waals surface area contributed by atoms with Crippen LogP contribution in [0.4, 0.5) is 0 Å². The zero-order valence-corrected chi connectivity index (χ0v) is 15.0. The first-order valence-electron chi connectivity index (χ1n) is 7.79. The van der Waals surface area contributed by atoms with Crippen molar-refractivity contribution in [2.45, 2.75) is 58.6 Å². The van der Waals surface area contributed by atoms with Gasteiger partial charge in [-0.15, -0.1) is 11.3 Å². The first kappa shape index (κ1) is 17.9. The Hall–Kier alpha value is -1.47. The van der Waals surface area contributed by atoms with E-state index in [1.807, 2.05) is 34.6 Å². The number of carbonyl (C=O) groups excluding carboxylic acids is 1. The van der Waals surface area contributed by atoms with Crippen LogP contribution in [0.25, 0.3) is 0 Å². The number of rotatable bonds is 6. The second-order valence-corrected chi connectivity index (χ2v) is 7.81. The number of carbonyl (C=O) groups is 2. The maximum atomic E-state index is 12.5. The van der Waals surface area contributed by atoms with Gasteiger partial charge in [-0.1, -0.05) is 27.7 Å². The van der Waals surface area contributed by atoms with Gasteiger partial charge in [0.05, 0.1) is 17.3 Å². The number of thiazole rings is 1. The normalized spacial score (nSPS) is 25.9. The largest absolute Gasteiger partial charge is 0.479 e. The fraction of sp³-hybridized carbons (Fsp3) is 0.688. The van der Waals surface area contributed by atoms with Crippen LogP contribution in [0.3, 0.4) is 0 Å². The van der Waals surface area contributed by atoms with Gasteiger partial charge >= 0.3 is 5.97 Å². The molecule has 1 aliphatic rings. The van der Waals surface area contributed by atoms with Crippen LogP contribution in [-0.4, -0.2) is 40.2 Å². The van der Waals surface area contributed by atoms with E-state index in [2.05, 4.69) is 10.3 Å². The molecular formula is C16H24N2O4S. The summed E-state index contributed by atoms with van der Waals surface area (Å²) in [7, 11) is 0. The first-order chi connectivity index (χ1) is 10.7. The molecule has 0 bridgehead atoms. The quantitative estimate of drug-likeness (QED) is 0.831. The van der Waals surface area contributed by atoms with Gasteiger partial charge < -0.3 is 15.2 Å². The van der Waals surface area contributed by atoms with E-state index < -0.39 is 16.9 Å². The molecule has 1 heterocycles. The summed E-state index contributed by atoms with van der Waals surface area (Å²) >= 11 is 1.30. The Bertz CT molecular complexity index is 611. The lowest BCUT2D eigenvalue weighted by molar-refractivity contribution is -0.190. The van der Waals surface area contributed by atoms with Gasteiger partial charge in [0, 0.05) is 24.4 Å². The van der Waals surface area contributed by atoms with Crippen molar-refractivity contribution in [3.63, 3.8) is 0 Å². The summed E-state index contributed by atoms with van der Waals surface area (Å²) in [5, 5.41) is 13.3. The average Bonchev–Trinajstić information content (AvgIpc) is 2.95. The van der Waals surface area contributed by atoms with Gasteiger partial charge in [0.15, 0.2) is 0 Å². The molecule has 1 saturated carbocycles. The molecule has 2 N–H and O–H groups in total. The Balaban J connectivity index is 2.20. The highest BCUT2D eigenvalue weighted by molar-refractivity contribution is 7.13. The number of hydrogen-bond acceptors (Lipinski definition) is 5. The van der Waals surface area contributed by atoms with Crippen molar-refractivity contribution in [2.24, 2.45) is 5.41 Å². The van der Waals surface area contributed by atoms with Crippen LogP contribution in [0, 0.1) is 5.41 Å². The highest BCUT2D eigenvalue weighted by Crippen LogP contribution is 2.51. The van der Waals surface area contributed by atoms with Crippen LogP contribution in [0.1, 0.15) is 61.6 Å². The van der Waals surface area contributed by atoms with E-state index in [0.717, 1.165) is 5.01 Å². The molecule has 0 aromatic carbocycles. The molecule has 2 rings (SSSR count).